The van der Waals surface area contributed by atoms with Gasteiger partial charge in [-0.25, -0.2) is 9.59 Å². The predicted octanol–water partition coefficient (Wildman–Crippen LogP) is 5.92. The van der Waals surface area contributed by atoms with Gasteiger partial charge in [0.05, 0.1) is 18.8 Å². The van der Waals surface area contributed by atoms with Crippen LogP contribution in [0.5, 0.6) is 11.5 Å². The molecule has 0 aromatic heterocycles. The smallest absolute Gasteiger partial charge is 0.343 e. The number of benzene rings is 2. The van der Waals surface area contributed by atoms with Crippen molar-refractivity contribution < 1.29 is 23.8 Å². The second kappa shape index (κ2) is 14.0. The molecule has 0 unspecified atom stereocenters. The predicted molar refractivity (Wildman–Crippen MR) is 122 cm³/mol. The summed E-state index contributed by atoms with van der Waals surface area (Å²) in [7, 11) is 0. The Labute approximate surface area is 185 Å². The van der Waals surface area contributed by atoms with Gasteiger partial charge in [0.2, 0.25) is 0 Å². The molecule has 0 heterocycles. The van der Waals surface area contributed by atoms with Gasteiger partial charge in [-0.1, -0.05) is 38.5 Å². The molecule has 0 atom stereocenters. The summed E-state index contributed by atoms with van der Waals surface area (Å²) in [4.78, 5) is 23.3. The quantitative estimate of drug-likeness (QED) is 0.163. The largest absolute Gasteiger partial charge is 0.494 e. The zero-order chi connectivity index (χ0) is 22.3. The van der Waals surface area contributed by atoms with Gasteiger partial charge in [0.15, 0.2) is 0 Å². The summed E-state index contributed by atoms with van der Waals surface area (Å²) in [6.45, 7) is 6.50. The van der Waals surface area contributed by atoms with Crippen molar-refractivity contribution in [2.75, 3.05) is 13.2 Å². The third-order valence-electron chi connectivity index (χ3n) is 4.76. The molecule has 5 heteroatoms. The first-order valence-corrected chi connectivity index (χ1v) is 11.0. The van der Waals surface area contributed by atoms with E-state index in [0.717, 1.165) is 31.8 Å². The highest BCUT2D eigenvalue weighted by molar-refractivity contribution is 5.91. The first kappa shape index (κ1) is 24.2. The highest BCUT2D eigenvalue weighted by Crippen LogP contribution is 2.19. The number of carbonyl (C=O) groups excluding carboxylic acids is 2. The van der Waals surface area contributed by atoms with Gasteiger partial charge in [0.25, 0.3) is 0 Å². The van der Waals surface area contributed by atoms with Crippen LogP contribution in [-0.4, -0.2) is 25.2 Å². The van der Waals surface area contributed by atoms with Gasteiger partial charge in [0.1, 0.15) is 11.5 Å². The molecular formula is C26H32O5. The molecular weight excluding hydrogens is 392 g/mol. The SMILES string of the molecule is C=CC(=O)OCCCCCOc1ccc(OC(=O)c2ccc(CCCCC)cc2)cc1. The lowest BCUT2D eigenvalue weighted by Gasteiger charge is -2.08. The average Bonchev–Trinajstić information content (AvgIpc) is 2.80. The molecule has 2 aromatic carbocycles. The number of hydrogen-bond acceptors (Lipinski definition) is 5. The van der Waals surface area contributed by atoms with E-state index < -0.39 is 5.97 Å². The third-order valence-corrected chi connectivity index (χ3v) is 4.76. The minimum Gasteiger partial charge on any atom is -0.494 e. The van der Waals surface area contributed by atoms with E-state index in [9.17, 15) is 9.59 Å². The normalized spacial score (nSPS) is 10.4. The number of unbranched alkanes of at least 4 members (excludes halogenated alkanes) is 4. The van der Waals surface area contributed by atoms with E-state index in [0.29, 0.717) is 30.3 Å². The summed E-state index contributed by atoms with van der Waals surface area (Å²) >= 11 is 0. The average molecular weight is 425 g/mol. The minimum atomic E-state index is -0.392. The van der Waals surface area contributed by atoms with Gasteiger partial charge in [-0.2, -0.15) is 0 Å². The van der Waals surface area contributed by atoms with E-state index in [1.807, 2.05) is 24.3 Å². The van der Waals surface area contributed by atoms with Crippen LogP contribution in [0.1, 0.15) is 61.4 Å². The Morgan fingerprint density at radius 1 is 0.839 bits per heavy atom. The van der Waals surface area contributed by atoms with Gasteiger partial charge < -0.3 is 14.2 Å². The van der Waals surface area contributed by atoms with E-state index in [2.05, 4.69) is 13.5 Å². The second-order valence-corrected chi connectivity index (χ2v) is 7.30. The molecule has 0 saturated heterocycles. The Bertz CT molecular complexity index is 809. The maximum absolute atomic E-state index is 12.3. The molecule has 166 valence electrons. The number of aryl methyl sites for hydroxylation is 1. The summed E-state index contributed by atoms with van der Waals surface area (Å²) < 4.78 is 16.1. The lowest BCUT2D eigenvalue weighted by molar-refractivity contribution is -0.137. The number of esters is 2. The van der Waals surface area contributed by atoms with Gasteiger partial charge in [0, 0.05) is 6.08 Å². The van der Waals surface area contributed by atoms with Crippen molar-refractivity contribution >= 4 is 11.9 Å². The Hall–Kier alpha value is -3.08. The summed E-state index contributed by atoms with van der Waals surface area (Å²) in [6.07, 6.45) is 8.33. The van der Waals surface area contributed by atoms with Crippen molar-refractivity contribution in [1.82, 2.24) is 0 Å². The molecule has 0 bridgehead atoms. The van der Waals surface area contributed by atoms with Crippen LogP contribution in [0.15, 0.2) is 61.2 Å². The van der Waals surface area contributed by atoms with E-state index in [1.165, 1.54) is 24.8 Å². The second-order valence-electron chi connectivity index (χ2n) is 7.30. The van der Waals surface area contributed by atoms with Crippen molar-refractivity contribution in [3.05, 3.63) is 72.3 Å². The number of rotatable bonds is 14. The molecule has 0 fully saturated rings. The van der Waals surface area contributed by atoms with Crippen molar-refractivity contribution in [3.8, 4) is 11.5 Å². The fourth-order valence-corrected chi connectivity index (χ4v) is 2.96. The van der Waals surface area contributed by atoms with Crippen LogP contribution in [-0.2, 0) is 16.0 Å². The van der Waals surface area contributed by atoms with Crippen LogP contribution < -0.4 is 9.47 Å². The molecule has 0 radical (unpaired) electrons. The van der Waals surface area contributed by atoms with E-state index in [1.54, 1.807) is 24.3 Å². The van der Waals surface area contributed by atoms with Crippen molar-refractivity contribution in [3.63, 3.8) is 0 Å². The minimum absolute atomic E-state index is 0.370. The highest BCUT2D eigenvalue weighted by Gasteiger charge is 2.09. The summed E-state index contributed by atoms with van der Waals surface area (Å²) in [6, 6.07) is 14.6. The fraction of sp³-hybridized carbons (Fsp3) is 0.385. The van der Waals surface area contributed by atoms with E-state index >= 15 is 0 Å². The molecule has 0 saturated carbocycles. The van der Waals surface area contributed by atoms with Crippen molar-refractivity contribution in [2.45, 2.75) is 51.9 Å². The van der Waals surface area contributed by atoms with Crippen LogP contribution in [0.4, 0.5) is 0 Å². The highest BCUT2D eigenvalue weighted by atomic mass is 16.5. The first-order valence-electron chi connectivity index (χ1n) is 11.0. The molecule has 0 aliphatic rings. The molecule has 0 N–H and O–H groups in total. The number of hydrogen-bond donors (Lipinski definition) is 0. The van der Waals surface area contributed by atoms with Crippen LogP contribution in [0.3, 0.4) is 0 Å². The van der Waals surface area contributed by atoms with E-state index in [4.69, 9.17) is 14.2 Å². The topological polar surface area (TPSA) is 61.8 Å². The molecule has 2 aromatic rings. The van der Waals surface area contributed by atoms with Crippen molar-refractivity contribution in [1.29, 1.82) is 0 Å². The maximum atomic E-state index is 12.3. The first-order chi connectivity index (χ1) is 15.1. The summed E-state index contributed by atoms with van der Waals surface area (Å²) in [5, 5.41) is 0. The lowest BCUT2D eigenvalue weighted by atomic mass is 10.1. The molecule has 0 aliphatic carbocycles. The summed E-state index contributed by atoms with van der Waals surface area (Å²) in [5.41, 5.74) is 1.78. The lowest BCUT2D eigenvalue weighted by Crippen LogP contribution is -2.08. The van der Waals surface area contributed by atoms with E-state index in [-0.39, 0.29) is 5.97 Å². The van der Waals surface area contributed by atoms with Gasteiger partial charge in [-0.05, 0) is 74.1 Å². The Kier molecular flexibility index (Phi) is 10.9. The van der Waals surface area contributed by atoms with Crippen LogP contribution >= 0.6 is 0 Å². The van der Waals surface area contributed by atoms with Gasteiger partial charge in [-0.15, -0.1) is 0 Å². The zero-order valence-electron chi connectivity index (χ0n) is 18.3. The number of carbonyl (C=O) groups is 2. The molecule has 31 heavy (non-hydrogen) atoms. The van der Waals surface area contributed by atoms with Crippen molar-refractivity contribution in [2.24, 2.45) is 0 Å². The summed E-state index contributed by atoms with van der Waals surface area (Å²) in [5.74, 6) is 0.435. The van der Waals surface area contributed by atoms with Gasteiger partial charge in [-0.3, -0.25) is 0 Å². The zero-order valence-corrected chi connectivity index (χ0v) is 18.3. The Morgan fingerprint density at radius 3 is 2.19 bits per heavy atom. The maximum Gasteiger partial charge on any atom is 0.343 e. The molecule has 5 nitrogen and oxygen atoms in total. The Balaban J connectivity index is 1.68. The monoisotopic (exact) mass is 424 g/mol. The molecule has 2 rings (SSSR count). The molecule has 0 aliphatic heterocycles. The standard InChI is InChI=1S/C26H32O5/c1-3-5-7-10-21-11-13-22(14-12-21)26(28)31-24-17-15-23(16-18-24)29-19-8-6-9-20-30-25(27)4-2/h4,11-18H,2-3,5-10,19-20H2,1H3. The molecule has 0 spiro atoms. The number of ether oxygens (including phenoxy) is 3. The molecule has 0 amide bonds. The fourth-order valence-electron chi connectivity index (χ4n) is 2.96. The Morgan fingerprint density at radius 2 is 1.52 bits per heavy atom. The van der Waals surface area contributed by atoms with Crippen LogP contribution in [0.25, 0.3) is 0 Å². The van der Waals surface area contributed by atoms with Crippen LogP contribution in [0.2, 0.25) is 0 Å². The van der Waals surface area contributed by atoms with Crippen LogP contribution in [0, 0.1) is 0 Å². The van der Waals surface area contributed by atoms with Gasteiger partial charge >= 0.3 is 11.9 Å². The third kappa shape index (κ3) is 9.51.